The van der Waals surface area contributed by atoms with Crippen LogP contribution in [0.15, 0.2) is 18.2 Å². The number of carboxylic acids is 1. The molecular formula is C11H9ClN4O4. The summed E-state index contributed by atoms with van der Waals surface area (Å²) < 4.78 is 1.29. The zero-order valence-electron chi connectivity index (χ0n) is 10.3. The van der Waals surface area contributed by atoms with Gasteiger partial charge in [-0.3, -0.25) is 10.1 Å². The third kappa shape index (κ3) is 2.59. The molecule has 104 valence electrons. The number of halogens is 1. The Kier molecular flexibility index (Phi) is 3.66. The molecule has 20 heavy (non-hydrogen) atoms. The Morgan fingerprint density at radius 1 is 1.55 bits per heavy atom. The molecule has 2 rings (SSSR count). The lowest BCUT2D eigenvalue weighted by molar-refractivity contribution is -0.385. The van der Waals surface area contributed by atoms with Crippen molar-refractivity contribution < 1.29 is 14.8 Å². The Bertz CT molecular complexity index is 698. The van der Waals surface area contributed by atoms with E-state index in [-0.39, 0.29) is 22.9 Å². The van der Waals surface area contributed by atoms with Gasteiger partial charge < -0.3 is 5.11 Å². The fraction of sp³-hybridized carbons (Fsp3) is 0.182. The number of carboxylic acid groups (broad SMARTS) is 1. The van der Waals surface area contributed by atoms with Gasteiger partial charge in [-0.2, -0.15) is 0 Å². The molecule has 0 fully saturated rings. The van der Waals surface area contributed by atoms with Crippen LogP contribution in [0.25, 0.3) is 0 Å². The van der Waals surface area contributed by atoms with Crippen LogP contribution >= 0.6 is 11.6 Å². The van der Waals surface area contributed by atoms with Crippen molar-refractivity contribution in [1.82, 2.24) is 15.0 Å². The molecule has 0 saturated heterocycles. The smallest absolute Gasteiger partial charge is 0.358 e. The summed E-state index contributed by atoms with van der Waals surface area (Å²) in [6.45, 7) is 1.57. The van der Waals surface area contributed by atoms with E-state index in [2.05, 4.69) is 10.3 Å². The molecule has 0 atom stereocenters. The van der Waals surface area contributed by atoms with Crippen LogP contribution in [-0.4, -0.2) is 31.0 Å². The van der Waals surface area contributed by atoms with Gasteiger partial charge >= 0.3 is 5.97 Å². The second-order valence-corrected chi connectivity index (χ2v) is 4.45. The van der Waals surface area contributed by atoms with Gasteiger partial charge in [0.15, 0.2) is 5.69 Å². The van der Waals surface area contributed by atoms with E-state index in [0.717, 1.165) is 0 Å². The number of nitrogens with zero attached hydrogens (tertiary/aromatic N) is 4. The fourth-order valence-corrected chi connectivity index (χ4v) is 1.88. The van der Waals surface area contributed by atoms with E-state index >= 15 is 0 Å². The number of nitro groups is 1. The van der Waals surface area contributed by atoms with E-state index in [4.69, 9.17) is 16.7 Å². The van der Waals surface area contributed by atoms with Crippen LogP contribution in [-0.2, 0) is 6.54 Å². The molecule has 1 aromatic carbocycles. The van der Waals surface area contributed by atoms with E-state index in [1.54, 1.807) is 0 Å². The van der Waals surface area contributed by atoms with E-state index in [0.29, 0.717) is 11.3 Å². The molecule has 9 heteroatoms. The molecule has 0 amide bonds. The van der Waals surface area contributed by atoms with E-state index in [9.17, 15) is 14.9 Å². The molecule has 0 aliphatic carbocycles. The van der Waals surface area contributed by atoms with Crippen molar-refractivity contribution in [3.63, 3.8) is 0 Å². The number of nitro benzene ring substituents is 1. The van der Waals surface area contributed by atoms with Crippen molar-refractivity contribution in [2.75, 3.05) is 0 Å². The Morgan fingerprint density at radius 3 is 2.80 bits per heavy atom. The van der Waals surface area contributed by atoms with Crippen molar-refractivity contribution in [2.45, 2.75) is 13.5 Å². The molecule has 0 radical (unpaired) electrons. The van der Waals surface area contributed by atoms with Crippen molar-refractivity contribution >= 4 is 23.3 Å². The second kappa shape index (κ2) is 5.25. The number of hydrogen-bond acceptors (Lipinski definition) is 5. The molecule has 0 spiro atoms. The van der Waals surface area contributed by atoms with Crippen molar-refractivity contribution in [3.05, 3.63) is 50.3 Å². The summed E-state index contributed by atoms with van der Waals surface area (Å²) >= 11 is 5.72. The first-order chi connectivity index (χ1) is 9.40. The summed E-state index contributed by atoms with van der Waals surface area (Å²) in [6.07, 6.45) is 0. The minimum Gasteiger partial charge on any atom is -0.476 e. The Labute approximate surface area is 117 Å². The number of rotatable bonds is 4. The van der Waals surface area contributed by atoms with Gasteiger partial charge in [0.1, 0.15) is 0 Å². The lowest BCUT2D eigenvalue weighted by Gasteiger charge is -2.05. The molecule has 0 saturated carbocycles. The maximum atomic E-state index is 11.0. The molecule has 1 heterocycles. The third-order valence-electron chi connectivity index (χ3n) is 2.75. The molecular weight excluding hydrogens is 288 g/mol. The van der Waals surface area contributed by atoms with E-state index < -0.39 is 10.9 Å². The summed E-state index contributed by atoms with van der Waals surface area (Å²) in [4.78, 5) is 21.3. The monoisotopic (exact) mass is 296 g/mol. The van der Waals surface area contributed by atoms with Crippen molar-refractivity contribution in [1.29, 1.82) is 0 Å². The highest BCUT2D eigenvalue weighted by atomic mass is 35.5. The van der Waals surface area contributed by atoms with Crippen LogP contribution in [0.2, 0.25) is 5.02 Å². The fourth-order valence-electron chi connectivity index (χ4n) is 1.71. The molecule has 8 nitrogen and oxygen atoms in total. The van der Waals surface area contributed by atoms with E-state index in [1.807, 2.05) is 0 Å². The van der Waals surface area contributed by atoms with Crippen LogP contribution in [0.4, 0.5) is 5.69 Å². The Balaban J connectivity index is 2.40. The average molecular weight is 297 g/mol. The molecule has 0 bridgehead atoms. The minimum atomic E-state index is -1.20. The number of benzene rings is 1. The van der Waals surface area contributed by atoms with Crippen LogP contribution < -0.4 is 0 Å². The first-order valence-corrected chi connectivity index (χ1v) is 5.84. The predicted octanol–water partition coefficient (Wildman–Crippen LogP) is 1.89. The average Bonchev–Trinajstić information content (AvgIpc) is 2.73. The molecule has 0 unspecified atom stereocenters. The number of aromatic nitrogens is 3. The van der Waals surface area contributed by atoms with Crippen LogP contribution in [0.1, 0.15) is 21.7 Å². The standard InChI is InChI=1S/C11H9ClN4O4/c1-6-10(11(17)18)13-14-15(6)5-7-2-3-8(12)4-9(7)16(19)20/h2-4H,5H2,1H3,(H,17,18). The van der Waals surface area contributed by atoms with Crippen LogP contribution in [0.5, 0.6) is 0 Å². The van der Waals surface area contributed by atoms with Crippen LogP contribution in [0, 0.1) is 17.0 Å². The zero-order valence-corrected chi connectivity index (χ0v) is 11.0. The second-order valence-electron chi connectivity index (χ2n) is 4.02. The van der Waals surface area contributed by atoms with Gasteiger partial charge in [0.05, 0.1) is 22.7 Å². The third-order valence-corrected chi connectivity index (χ3v) is 2.98. The van der Waals surface area contributed by atoms with Crippen molar-refractivity contribution in [2.24, 2.45) is 0 Å². The van der Waals surface area contributed by atoms with Crippen molar-refractivity contribution in [3.8, 4) is 0 Å². The maximum Gasteiger partial charge on any atom is 0.358 e. The highest BCUT2D eigenvalue weighted by molar-refractivity contribution is 6.30. The summed E-state index contributed by atoms with van der Waals surface area (Å²) in [5.74, 6) is -1.20. The summed E-state index contributed by atoms with van der Waals surface area (Å²) in [6, 6.07) is 4.26. The van der Waals surface area contributed by atoms with Gasteiger partial charge in [-0.15, -0.1) is 5.10 Å². The molecule has 0 aliphatic rings. The first kappa shape index (κ1) is 13.9. The van der Waals surface area contributed by atoms with Crippen LogP contribution in [0.3, 0.4) is 0 Å². The molecule has 0 aliphatic heterocycles. The highest BCUT2D eigenvalue weighted by Crippen LogP contribution is 2.24. The quantitative estimate of drug-likeness (QED) is 0.681. The largest absolute Gasteiger partial charge is 0.476 e. The summed E-state index contributed by atoms with van der Waals surface area (Å²) in [7, 11) is 0. The number of aromatic carboxylic acids is 1. The van der Waals surface area contributed by atoms with Gasteiger partial charge in [0, 0.05) is 11.1 Å². The summed E-state index contributed by atoms with van der Waals surface area (Å²) in [5, 5.41) is 27.3. The van der Waals surface area contributed by atoms with Gasteiger partial charge in [-0.25, -0.2) is 9.48 Å². The molecule has 2 aromatic rings. The Morgan fingerprint density at radius 2 is 2.25 bits per heavy atom. The highest BCUT2D eigenvalue weighted by Gasteiger charge is 2.19. The predicted molar refractivity (Wildman–Crippen MR) is 68.9 cm³/mol. The maximum absolute atomic E-state index is 11.0. The number of hydrogen-bond donors (Lipinski definition) is 1. The topological polar surface area (TPSA) is 111 Å². The lowest BCUT2D eigenvalue weighted by atomic mass is 10.2. The lowest BCUT2D eigenvalue weighted by Crippen LogP contribution is -2.07. The number of carbonyl (C=O) groups is 1. The SMILES string of the molecule is Cc1c(C(=O)O)nnn1Cc1ccc(Cl)cc1[N+](=O)[O-]. The Hall–Kier alpha value is -2.48. The van der Waals surface area contributed by atoms with Gasteiger partial charge in [-0.1, -0.05) is 16.8 Å². The summed E-state index contributed by atoms with van der Waals surface area (Å²) in [5.41, 5.74) is 0.358. The van der Waals surface area contributed by atoms with Gasteiger partial charge in [-0.05, 0) is 19.1 Å². The first-order valence-electron chi connectivity index (χ1n) is 5.46. The molecule has 1 N–H and O–H groups in total. The zero-order chi connectivity index (χ0) is 14.9. The molecule has 1 aromatic heterocycles. The van der Waals surface area contributed by atoms with E-state index in [1.165, 1.54) is 29.8 Å². The van der Waals surface area contributed by atoms with Gasteiger partial charge in [0.2, 0.25) is 0 Å². The van der Waals surface area contributed by atoms with Gasteiger partial charge in [0.25, 0.3) is 5.69 Å². The minimum absolute atomic E-state index is 0.0413. The normalized spacial score (nSPS) is 10.5.